The van der Waals surface area contributed by atoms with Crippen molar-refractivity contribution in [2.45, 2.75) is 40.0 Å². The van der Waals surface area contributed by atoms with Gasteiger partial charge in [0.05, 0.1) is 6.61 Å². The highest BCUT2D eigenvalue weighted by atomic mass is 127. The summed E-state index contributed by atoms with van der Waals surface area (Å²) >= 11 is 0. The average molecular weight is 323 g/mol. The van der Waals surface area contributed by atoms with E-state index in [1.54, 1.807) is 0 Å². The predicted octanol–water partition coefficient (Wildman–Crippen LogP) is -1.73. The Morgan fingerprint density at radius 1 is 1.40 bits per heavy atom. The van der Waals surface area contributed by atoms with Crippen LogP contribution in [0.2, 0.25) is 0 Å². The van der Waals surface area contributed by atoms with Gasteiger partial charge in [-0.25, -0.2) is 4.99 Å². The zero-order chi connectivity index (χ0) is 10.6. The lowest BCUT2D eigenvalue weighted by Gasteiger charge is -2.28. The number of halogens is 1. The molecule has 0 fully saturated rings. The lowest BCUT2D eigenvalue weighted by Crippen LogP contribution is -3.00. The fourth-order valence-corrected chi connectivity index (χ4v) is 1.83. The van der Waals surface area contributed by atoms with E-state index in [1.807, 2.05) is 7.05 Å². The second-order valence-corrected chi connectivity index (χ2v) is 4.75. The molecule has 1 N–H and O–H groups in total. The molecule has 1 aliphatic rings. The Balaban J connectivity index is 0.00000196. The molecule has 0 spiro atoms. The molecule has 0 unspecified atom stereocenters. The SMILES string of the molecule is CCCOC1=CC(=[NH+]C)CC(C)(C)C1.[I-]. The van der Waals surface area contributed by atoms with Crippen LogP contribution in [0.4, 0.5) is 0 Å². The molecule has 1 aliphatic carbocycles. The highest BCUT2D eigenvalue weighted by Gasteiger charge is 2.29. The first-order valence-corrected chi connectivity index (χ1v) is 5.44. The van der Waals surface area contributed by atoms with Crippen LogP contribution >= 0.6 is 0 Å². The summed E-state index contributed by atoms with van der Waals surface area (Å²) in [6, 6.07) is 0. The second kappa shape index (κ2) is 6.51. The summed E-state index contributed by atoms with van der Waals surface area (Å²) in [7, 11) is 1.98. The van der Waals surface area contributed by atoms with Crippen molar-refractivity contribution in [3.05, 3.63) is 11.8 Å². The number of allylic oxidation sites excluding steroid dienone is 2. The van der Waals surface area contributed by atoms with Gasteiger partial charge in [-0.3, -0.25) is 0 Å². The number of ether oxygens (including phenoxy) is 1. The number of nitrogens with one attached hydrogen (secondary N) is 1. The Labute approximate surface area is 110 Å². The first-order chi connectivity index (χ1) is 6.57. The summed E-state index contributed by atoms with van der Waals surface area (Å²) in [5, 5.41) is 0. The minimum Gasteiger partial charge on any atom is -1.00 e. The van der Waals surface area contributed by atoms with E-state index in [-0.39, 0.29) is 24.0 Å². The van der Waals surface area contributed by atoms with Gasteiger partial charge in [0.2, 0.25) is 0 Å². The highest BCUT2D eigenvalue weighted by molar-refractivity contribution is 5.91. The Morgan fingerprint density at radius 2 is 2.07 bits per heavy atom. The van der Waals surface area contributed by atoms with E-state index in [0.717, 1.165) is 31.6 Å². The summed E-state index contributed by atoms with van der Waals surface area (Å²) < 4.78 is 5.70. The molecule has 3 heteroatoms. The molecule has 1 rings (SSSR count). The molecule has 0 aliphatic heterocycles. The number of rotatable bonds is 3. The van der Waals surface area contributed by atoms with Gasteiger partial charge < -0.3 is 28.7 Å². The standard InChI is InChI=1S/C12H21NO.HI/c1-5-6-14-11-7-10(13-4)8-12(2,3)9-11;/h7H,5-6,8-9H2,1-4H3;1H. The zero-order valence-electron chi connectivity index (χ0n) is 10.2. The molecule has 0 aromatic heterocycles. The molecule has 15 heavy (non-hydrogen) atoms. The largest absolute Gasteiger partial charge is 1.00 e. The maximum absolute atomic E-state index is 5.70. The lowest BCUT2D eigenvalue weighted by atomic mass is 9.79. The minimum atomic E-state index is 0. The Morgan fingerprint density at radius 3 is 2.60 bits per heavy atom. The third-order valence-corrected chi connectivity index (χ3v) is 2.47. The molecule has 2 nitrogen and oxygen atoms in total. The van der Waals surface area contributed by atoms with Gasteiger partial charge in [-0.05, 0) is 11.8 Å². The molecule has 88 valence electrons. The Kier molecular flexibility index (Phi) is 6.48. The van der Waals surface area contributed by atoms with Crippen LogP contribution in [0, 0.1) is 5.41 Å². The number of hydrogen-bond acceptors (Lipinski definition) is 1. The van der Waals surface area contributed by atoms with Crippen molar-refractivity contribution in [1.82, 2.24) is 0 Å². The molecule has 0 amide bonds. The van der Waals surface area contributed by atoms with Gasteiger partial charge in [-0.1, -0.05) is 20.8 Å². The van der Waals surface area contributed by atoms with E-state index in [1.165, 1.54) is 5.71 Å². The minimum absolute atomic E-state index is 0. The van der Waals surface area contributed by atoms with E-state index in [2.05, 4.69) is 31.8 Å². The summed E-state index contributed by atoms with van der Waals surface area (Å²) in [5.74, 6) is 1.13. The van der Waals surface area contributed by atoms with Crippen molar-refractivity contribution < 1.29 is 33.7 Å². The van der Waals surface area contributed by atoms with Crippen LogP contribution in [-0.2, 0) is 4.74 Å². The van der Waals surface area contributed by atoms with Crippen LogP contribution in [0.3, 0.4) is 0 Å². The van der Waals surface area contributed by atoms with Crippen molar-refractivity contribution in [1.29, 1.82) is 0 Å². The van der Waals surface area contributed by atoms with Gasteiger partial charge in [0.15, 0.2) is 5.71 Å². The van der Waals surface area contributed by atoms with Crippen LogP contribution in [0.1, 0.15) is 40.0 Å². The van der Waals surface area contributed by atoms with Gasteiger partial charge in [-0.2, -0.15) is 0 Å². The van der Waals surface area contributed by atoms with Crippen LogP contribution in [0.5, 0.6) is 0 Å². The highest BCUT2D eigenvalue weighted by Crippen LogP contribution is 2.33. The molecule has 0 aromatic rings. The monoisotopic (exact) mass is 323 g/mol. The third kappa shape index (κ3) is 5.00. The molecular weight excluding hydrogens is 301 g/mol. The zero-order valence-corrected chi connectivity index (χ0v) is 12.3. The van der Waals surface area contributed by atoms with Crippen LogP contribution in [0.25, 0.3) is 0 Å². The van der Waals surface area contributed by atoms with Crippen LogP contribution in [0.15, 0.2) is 11.8 Å². The van der Waals surface area contributed by atoms with E-state index < -0.39 is 0 Å². The fourth-order valence-electron chi connectivity index (χ4n) is 1.83. The van der Waals surface area contributed by atoms with Gasteiger partial charge in [0.25, 0.3) is 0 Å². The molecule has 0 atom stereocenters. The molecule has 0 aromatic carbocycles. The quantitative estimate of drug-likeness (QED) is 0.613. The molecule has 0 bridgehead atoms. The van der Waals surface area contributed by atoms with Crippen molar-refractivity contribution in [3.63, 3.8) is 0 Å². The average Bonchev–Trinajstić information content (AvgIpc) is 2.12. The maximum Gasteiger partial charge on any atom is 0.178 e. The van der Waals surface area contributed by atoms with E-state index >= 15 is 0 Å². The molecular formula is C12H22INO. The summed E-state index contributed by atoms with van der Waals surface area (Å²) in [4.78, 5) is 3.23. The summed E-state index contributed by atoms with van der Waals surface area (Å²) in [6.45, 7) is 7.54. The molecule has 0 radical (unpaired) electrons. The first kappa shape index (κ1) is 14.9. The molecule has 0 saturated carbocycles. The maximum atomic E-state index is 5.70. The molecule has 0 heterocycles. The van der Waals surface area contributed by atoms with Crippen molar-refractivity contribution in [2.75, 3.05) is 13.7 Å². The summed E-state index contributed by atoms with van der Waals surface area (Å²) in [6.07, 6.45) is 5.40. The number of hydrogen-bond donors (Lipinski definition) is 1. The van der Waals surface area contributed by atoms with E-state index in [9.17, 15) is 0 Å². The Bertz CT molecular complexity index is 256. The Hall–Kier alpha value is -0.0600. The predicted molar refractivity (Wildman–Crippen MR) is 59.2 cm³/mol. The van der Waals surface area contributed by atoms with Crippen LogP contribution < -0.4 is 29.0 Å². The smallest absolute Gasteiger partial charge is 0.178 e. The summed E-state index contributed by atoms with van der Waals surface area (Å²) in [5.41, 5.74) is 1.61. The van der Waals surface area contributed by atoms with Gasteiger partial charge in [0, 0.05) is 18.9 Å². The lowest BCUT2D eigenvalue weighted by molar-refractivity contribution is -0.421. The third-order valence-electron chi connectivity index (χ3n) is 2.47. The molecule has 0 saturated heterocycles. The normalized spacial score (nSPS) is 21.9. The van der Waals surface area contributed by atoms with Gasteiger partial charge in [-0.15, -0.1) is 0 Å². The van der Waals surface area contributed by atoms with Gasteiger partial charge >= 0.3 is 0 Å². The van der Waals surface area contributed by atoms with Gasteiger partial charge in [0.1, 0.15) is 12.8 Å². The first-order valence-electron chi connectivity index (χ1n) is 5.44. The van der Waals surface area contributed by atoms with Crippen molar-refractivity contribution in [2.24, 2.45) is 5.41 Å². The topological polar surface area (TPSA) is 23.2 Å². The van der Waals surface area contributed by atoms with Crippen LogP contribution in [-0.4, -0.2) is 19.4 Å². The van der Waals surface area contributed by atoms with Crippen molar-refractivity contribution >= 4 is 5.71 Å². The van der Waals surface area contributed by atoms with E-state index in [0.29, 0.717) is 5.41 Å². The fraction of sp³-hybridized carbons (Fsp3) is 0.750. The second-order valence-electron chi connectivity index (χ2n) is 4.75. The van der Waals surface area contributed by atoms with Crippen molar-refractivity contribution in [3.8, 4) is 0 Å². The van der Waals surface area contributed by atoms with E-state index in [4.69, 9.17) is 4.74 Å².